The molecule has 1 saturated carbocycles. The smallest absolute Gasteiger partial charge is 0.158 e. The minimum atomic E-state index is -0.628. The van der Waals surface area contributed by atoms with E-state index in [1.165, 1.54) is 0 Å². The average Bonchev–Trinajstić information content (AvgIpc) is 2.71. The van der Waals surface area contributed by atoms with Gasteiger partial charge < -0.3 is 0 Å². The maximum atomic E-state index is 12.5. The van der Waals surface area contributed by atoms with Gasteiger partial charge in [-0.1, -0.05) is 58.0 Å². The number of hydrogen-bond donors (Lipinski definition) is 0. The van der Waals surface area contributed by atoms with E-state index in [0.29, 0.717) is 0 Å². The lowest BCUT2D eigenvalue weighted by molar-refractivity contribution is -0.121. The van der Waals surface area contributed by atoms with E-state index < -0.39 is 5.92 Å². The molecule has 0 spiro atoms. The molecule has 2 nitrogen and oxygen atoms in total. The zero-order chi connectivity index (χ0) is 13.6. The van der Waals surface area contributed by atoms with Gasteiger partial charge in [0.15, 0.2) is 5.78 Å². The number of Topliss-reactive ketones (excluding diaryl/α,β-unsaturated/α-hetero) is 1. The van der Waals surface area contributed by atoms with Crippen LogP contribution in [0, 0.1) is 28.1 Å². The van der Waals surface area contributed by atoms with E-state index in [0.717, 1.165) is 5.56 Å². The molecule has 2 rings (SSSR count). The number of rotatable bonds is 3. The quantitative estimate of drug-likeness (QED) is 0.812. The molecule has 0 aliphatic heterocycles. The standard InChI is InChI=1S/C16H19NO/c1-15(2)14(16(15,3)4)13(18)12(10-17)11-8-6-5-7-9-11/h5-9,12,14H,1-4H3. The zero-order valence-electron chi connectivity index (χ0n) is 11.4. The predicted molar refractivity (Wildman–Crippen MR) is 70.9 cm³/mol. The summed E-state index contributed by atoms with van der Waals surface area (Å²) in [5.74, 6) is -0.578. The van der Waals surface area contributed by atoms with E-state index in [4.69, 9.17) is 0 Å². The normalized spacial score (nSPS) is 21.9. The Morgan fingerprint density at radius 1 is 1.17 bits per heavy atom. The van der Waals surface area contributed by atoms with Crippen molar-refractivity contribution in [2.24, 2.45) is 16.7 Å². The first kappa shape index (κ1) is 12.8. The van der Waals surface area contributed by atoms with Crippen LogP contribution in [0.1, 0.15) is 39.2 Å². The van der Waals surface area contributed by atoms with Gasteiger partial charge in [0, 0.05) is 5.92 Å². The molecule has 1 atom stereocenters. The van der Waals surface area contributed by atoms with Crippen molar-refractivity contribution in [3.63, 3.8) is 0 Å². The van der Waals surface area contributed by atoms with E-state index in [-0.39, 0.29) is 22.5 Å². The molecule has 1 aliphatic carbocycles. The number of nitriles is 1. The Bertz CT molecular complexity index is 494. The van der Waals surface area contributed by atoms with Gasteiger partial charge in [0.05, 0.1) is 6.07 Å². The molecule has 1 fully saturated rings. The van der Waals surface area contributed by atoms with Crippen LogP contribution in [0.25, 0.3) is 0 Å². The highest BCUT2D eigenvalue weighted by molar-refractivity contribution is 5.94. The van der Waals surface area contributed by atoms with Gasteiger partial charge in [-0.15, -0.1) is 0 Å². The van der Waals surface area contributed by atoms with Crippen LogP contribution in [0.2, 0.25) is 0 Å². The van der Waals surface area contributed by atoms with Gasteiger partial charge in [-0.05, 0) is 16.4 Å². The second-order valence-electron chi connectivity index (χ2n) is 6.25. The highest BCUT2D eigenvalue weighted by atomic mass is 16.1. The van der Waals surface area contributed by atoms with E-state index in [2.05, 4.69) is 33.8 Å². The van der Waals surface area contributed by atoms with Gasteiger partial charge in [0.2, 0.25) is 0 Å². The number of carbonyl (C=O) groups is 1. The number of nitrogens with zero attached hydrogens (tertiary/aromatic N) is 1. The van der Waals surface area contributed by atoms with Crippen LogP contribution in [0.15, 0.2) is 30.3 Å². The molecule has 0 saturated heterocycles. The van der Waals surface area contributed by atoms with Crippen molar-refractivity contribution in [1.82, 2.24) is 0 Å². The Morgan fingerprint density at radius 2 is 1.67 bits per heavy atom. The lowest BCUT2D eigenvalue weighted by Gasteiger charge is -2.09. The fourth-order valence-electron chi connectivity index (χ4n) is 3.02. The van der Waals surface area contributed by atoms with Crippen LogP contribution in [0.5, 0.6) is 0 Å². The lowest BCUT2D eigenvalue weighted by atomic mass is 9.90. The van der Waals surface area contributed by atoms with Crippen molar-refractivity contribution in [3.8, 4) is 6.07 Å². The van der Waals surface area contributed by atoms with E-state index in [1.807, 2.05) is 30.3 Å². The summed E-state index contributed by atoms with van der Waals surface area (Å²) in [5, 5.41) is 9.30. The fourth-order valence-corrected chi connectivity index (χ4v) is 3.02. The molecular formula is C16H19NO. The molecule has 1 aromatic rings. The molecule has 94 valence electrons. The molecule has 0 amide bonds. The van der Waals surface area contributed by atoms with Gasteiger partial charge in [0.1, 0.15) is 5.92 Å². The Kier molecular flexibility index (Phi) is 2.81. The first-order valence-electron chi connectivity index (χ1n) is 6.32. The predicted octanol–water partition coefficient (Wildman–Crippen LogP) is 3.55. The number of carbonyl (C=O) groups excluding carboxylic acids is 1. The third kappa shape index (κ3) is 1.66. The van der Waals surface area contributed by atoms with E-state index in [1.54, 1.807) is 0 Å². The number of hydrogen-bond acceptors (Lipinski definition) is 2. The summed E-state index contributed by atoms with van der Waals surface area (Å²) in [5.41, 5.74) is 0.797. The third-order valence-electron chi connectivity index (χ3n) is 4.85. The van der Waals surface area contributed by atoms with E-state index >= 15 is 0 Å². The molecule has 0 N–H and O–H groups in total. The maximum Gasteiger partial charge on any atom is 0.158 e. The summed E-state index contributed by atoms with van der Waals surface area (Å²) in [6.07, 6.45) is 0. The maximum absolute atomic E-state index is 12.5. The first-order chi connectivity index (χ1) is 8.34. The summed E-state index contributed by atoms with van der Waals surface area (Å²) < 4.78 is 0. The van der Waals surface area contributed by atoms with Gasteiger partial charge in [0.25, 0.3) is 0 Å². The Labute approximate surface area is 109 Å². The van der Waals surface area contributed by atoms with Crippen molar-refractivity contribution in [3.05, 3.63) is 35.9 Å². The second kappa shape index (κ2) is 3.95. The van der Waals surface area contributed by atoms with Gasteiger partial charge >= 0.3 is 0 Å². The van der Waals surface area contributed by atoms with Crippen LogP contribution < -0.4 is 0 Å². The van der Waals surface area contributed by atoms with Crippen molar-refractivity contribution >= 4 is 5.78 Å². The largest absolute Gasteiger partial charge is 0.297 e. The number of benzene rings is 1. The summed E-state index contributed by atoms with van der Waals surface area (Å²) in [4.78, 5) is 12.5. The molecule has 2 heteroatoms. The van der Waals surface area contributed by atoms with Crippen LogP contribution in [-0.2, 0) is 4.79 Å². The summed E-state index contributed by atoms with van der Waals surface area (Å²) in [6, 6.07) is 11.5. The number of ketones is 1. The second-order valence-corrected chi connectivity index (χ2v) is 6.25. The van der Waals surface area contributed by atoms with Crippen LogP contribution in [0.3, 0.4) is 0 Å². The molecule has 0 aromatic heterocycles. The molecule has 1 aliphatic rings. The van der Waals surface area contributed by atoms with Crippen molar-refractivity contribution < 1.29 is 4.79 Å². The first-order valence-corrected chi connectivity index (χ1v) is 6.32. The summed E-state index contributed by atoms with van der Waals surface area (Å²) >= 11 is 0. The lowest BCUT2D eigenvalue weighted by Crippen LogP contribution is -2.16. The molecule has 0 heterocycles. The van der Waals surface area contributed by atoms with E-state index in [9.17, 15) is 10.1 Å². The Balaban J connectivity index is 2.28. The van der Waals surface area contributed by atoms with Crippen molar-refractivity contribution in [1.29, 1.82) is 5.26 Å². The van der Waals surface area contributed by atoms with Gasteiger partial charge in [-0.3, -0.25) is 4.79 Å². The molecule has 1 aromatic carbocycles. The Morgan fingerprint density at radius 3 is 2.06 bits per heavy atom. The molecule has 18 heavy (non-hydrogen) atoms. The molecule has 0 bridgehead atoms. The highest BCUT2D eigenvalue weighted by Crippen LogP contribution is 2.69. The summed E-state index contributed by atoms with van der Waals surface area (Å²) in [7, 11) is 0. The molecule has 0 radical (unpaired) electrons. The van der Waals surface area contributed by atoms with Crippen LogP contribution in [-0.4, -0.2) is 5.78 Å². The van der Waals surface area contributed by atoms with Gasteiger partial charge in [-0.25, -0.2) is 0 Å². The van der Waals surface area contributed by atoms with Gasteiger partial charge in [-0.2, -0.15) is 5.26 Å². The van der Waals surface area contributed by atoms with Crippen molar-refractivity contribution in [2.45, 2.75) is 33.6 Å². The minimum absolute atomic E-state index is 0.00599. The average molecular weight is 241 g/mol. The van der Waals surface area contributed by atoms with Crippen molar-refractivity contribution in [2.75, 3.05) is 0 Å². The minimum Gasteiger partial charge on any atom is -0.297 e. The molecule has 1 unspecified atom stereocenters. The highest BCUT2D eigenvalue weighted by Gasteiger charge is 2.68. The monoisotopic (exact) mass is 241 g/mol. The topological polar surface area (TPSA) is 40.9 Å². The Hall–Kier alpha value is -1.62. The summed E-state index contributed by atoms with van der Waals surface area (Å²) in [6.45, 7) is 8.42. The molecular weight excluding hydrogens is 222 g/mol. The zero-order valence-corrected chi connectivity index (χ0v) is 11.4. The van der Waals surface area contributed by atoms with Crippen LogP contribution >= 0.6 is 0 Å². The fraction of sp³-hybridized carbons (Fsp3) is 0.500. The third-order valence-corrected chi connectivity index (χ3v) is 4.85. The SMILES string of the molecule is CC1(C)C(C(=O)C(C#N)c2ccccc2)C1(C)C. The van der Waals surface area contributed by atoms with Crippen LogP contribution in [0.4, 0.5) is 0 Å².